The summed E-state index contributed by atoms with van der Waals surface area (Å²) in [6.45, 7) is 0. The normalized spacial score (nSPS) is 10.3. The van der Waals surface area contributed by atoms with Crippen LogP contribution in [0.2, 0.25) is 15.1 Å². The van der Waals surface area contributed by atoms with Crippen molar-refractivity contribution in [2.45, 2.75) is 0 Å². The molecule has 0 aliphatic carbocycles. The van der Waals surface area contributed by atoms with E-state index in [1.54, 1.807) is 42.5 Å². The van der Waals surface area contributed by atoms with Crippen LogP contribution < -0.4 is 9.47 Å². The van der Waals surface area contributed by atoms with Gasteiger partial charge in [-0.25, -0.2) is 9.59 Å². The molecule has 7 heteroatoms. The molecule has 0 spiro atoms. The molecule has 27 heavy (non-hydrogen) atoms. The first kappa shape index (κ1) is 19.2. The van der Waals surface area contributed by atoms with E-state index >= 15 is 0 Å². The maximum absolute atomic E-state index is 12.3. The van der Waals surface area contributed by atoms with Crippen molar-refractivity contribution in [3.05, 3.63) is 92.9 Å². The van der Waals surface area contributed by atoms with Crippen LogP contribution in [0.1, 0.15) is 20.7 Å². The summed E-state index contributed by atoms with van der Waals surface area (Å²) < 4.78 is 10.6. The van der Waals surface area contributed by atoms with E-state index in [0.29, 0.717) is 0 Å². The van der Waals surface area contributed by atoms with Crippen molar-refractivity contribution in [2.75, 3.05) is 0 Å². The van der Waals surface area contributed by atoms with E-state index in [9.17, 15) is 9.59 Å². The number of hydrogen-bond acceptors (Lipinski definition) is 4. The van der Waals surface area contributed by atoms with E-state index in [1.165, 1.54) is 24.3 Å². The lowest BCUT2D eigenvalue weighted by atomic mass is 10.2. The van der Waals surface area contributed by atoms with E-state index < -0.39 is 11.9 Å². The lowest BCUT2D eigenvalue weighted by Crippen LogP contribution is -2.11. The fraction of sp³-hybridized carbons (Fsp3) is 0. The Morgan fingerprint density at radius 2 is 1.15 bits per heavy atom. The maximum atomic E-state index is 12.3. The Morgan fingerprint density at radius 3 is 1.70 bits per heavy atom. The monoisotopic (exact) mass is 420 g/mol. The second-order valence-electron chi connectivity index (χ2n) is 5.33. The van der Waals surface area contributed by atoms with Gasteiger partial charge < -0.3 is 9.47 Å². The summed E-state index contributed by atoms with van der Waals surface area (Å²) in [6.07, 6.45) is 0. The molecule has 136 valence electrons. The number of carbonyl (C=O) groups is 2. The zero-order valence-electron chi connectivity index (χ0n) is 13.6. The van der Waals surface area contributed by atoms with Crippen LogP contribution >= 0.6 is 34.8 Å². The van der Waals surface area contributed by atoms with Gasteiger partial charge in [-0.3, -0.25) is 0 Å². The molecule has 0 bridgehead atoms. The molecule has 0 unspecified atom stereocenters. The molecule has 0 aliphatic heterocycles. The molecule has 0 fully saturated rings. The van der Waals surface area contributed by atoms with Crippen LogP contribution in [-0.2, 0) is 0 Å². The highest BCUT2D eigenvalue weighted by molar-refractivity contribution is 6.34. The largest absolute Gasteiger partial charge is 0.423 e. The molecule has 0 aliphatic rings. The maximum Gasteiger partial charge on any atom is 0.345 e. The first-order valence-corrected chi connectivity index (χ1v) is 8.82. The third-order valence-electron chi connectivity index (χ3n) is 3.50. The third-order valence-corrected chi connectivity index (χ3v) is 4.47. The smallest absolute Gasteiger partial charge is 0.345 e. The number of carbonyl (C=O) groups excluding carboxylic acids is 2. The molecule has 0 radical (unpaired) electrons. The van der Waals surface area contributed by atoms with Gasteiger partial charge in [0.1, 0.15) is 5.75 Å². The zero-order valence-corrected chi connectivity index (χ0v) is 15.9. The van der Waals surface area contributed by atoms with Gasteiger partial charge in [0.2, 0.25) is 0 Å². The van der Waals surface area contributed by atoms with Gasteiger partial charge in [-0.1, -0.05) is 59.1 Å². The Kier molecular flexibility index (Phi) is 6.01. The summed E-state index contributed by atoms with van der Waals surface area (Å²) in [4.78, 5) is 24.6. The summed E-state index contributed by atoms with van der Waals surface area (Å²) in [5.41, 5.74) is 0.400. The quantitative estimate of drug-likeness (QED) is 0.378. The number of rotatable bonds is 4. The number of ether oxygens (including phenoxy) is 2. The highest BCUT2D eigenvalue weighted by Gasteiger charge is 2.17. The molecule has 0 saturated heterocycles. The van der Waals surface area contributed by atoms with Crippen molar-refractivity contribution in [2.24, 2.45) is 0 Å². The molecule has 0 saturated carbocycles. The topological polar surface area (TPSA) is 52.6 Å². The Bertz CT molecular complexity index is 1020. The van der Waals surface area contributed by atoms with Crippen LogP contribution in [0, 0.1) is 0 Å². The van der Waals surface area contributed by atoms with Crippen molar-refractivity contribution in [1.82, 2.24) is 0 Å². The van der Waals surface area contributed by atoms with Crippen LogP contribution in [0.15, 0.2) is 66.7 Å². The zero-order chi connectivity index (χ0) is 19.4. The third kappa shape index (κ3) is 4.61. The lowest BCUT2D eigenvalue weighted by Gasteiger charge is -2.10. The van der Waals surface area contributed by atoms with Crippen LogP contribution in [0.3, 0.4) is 0 Å². The number of esters is 2. The van der Waals surface area contributed by atoms with Gasteiger partial charge in [0.05, 0.1) is 26.2 Å². The van der Waals surface area contributed by atoms with Crippen molar-refractivity contribution >= 4 is 46.7 Å². The summed E-state index contributed by atoms with van der Waals surface area (Å²) in [5, 5.41) is 0.690. The van der Waals surface area contributed by atoms with E-state index in [4.69, 9.17) is 44.3 Å². The first-order chi connectivity index (χ1) is 13.0. The summed E-state index contributed by atoms with van der Waals surface area (Å²) >= 11 is 18.1. The Balaban J connectivity index is 1.80. The Morgan fingerprint density at radius 1 is 0.630 bits per heavy atom. The Hall–Kier alpha value is -2.53. The van der Waals surface area contributed by atoms with Gasteiger partial charge in [0.15, 0.2) is 5.75 Å². The van der Waals surface area contributed by atoms with Crippen LogP contribution in [-0.4, -0.2) is 11.9 Å². The van der Waals surface area contributed by atoms with E-state index in [0.717, 1.165) is 0 Å². The minimum atomic E-state index is -0.683. The molecule has 0 atom stereocenters. The van der Waals surface area contributed by atoms with Crippen molar-refractivity contribution < 1.29 is 19.1 Å². The average Bonchev–Trinajstić information content (AvgIpc) is 2.65. The molecule has 0 amide bonds. The van der Waals surface area contributed by atoms with Gasteiger partial charge >= 0.3 is 11.9 Å². The highest BCUT2D eigenvalue weighted by Crippen LogP contribution is 2.31. The summed E-state index contributed by atoms with van der Waals surface area (Å²) in [5.74, 6) is -1.15. The molecular formula is C20H11Cl3O4. The van der Waals surface area contributed by atoms with Crippen LogP contribution in [0.5, 0.6) is 11.5 Å². The fourth-order valence-corrected chi connectivity index (χ4v) is 2.78. The summed E-state index contributed by atoms with van der Waals surface area (Å²) in [7, 11) is 0. The second-order valence-corrected chi connectivity index (χ2v) is 6.55. The van der Waals surface area contributed by atoms with Gasteiger partial charge in [0.25, 0.3) is 0 Å². The minimum Gasteiger partial charge on any atom is -0.423 e. The minimum absolute atomic E-state index is 0.0334. The van der Waals surface area contributed by atoms with Gasteiger partial charge in [-0.2, -0.15) is 0 Å². The van der Waals surface area contributed by atoms with Crippen molar-refractivity contribution in [3.63, 3.8) is 0 Å². The first-order valence-electron chi connectivity index (χ1n) is 7.68. The van der Waals surface area contributed by atoms with E-state index in [-0.39, 0.29) is 37.7 Å². The molecule has 3 rings (SSSR count). The molecular weight excluding hydrogens is 411 g/mol. The number of hydrogen-bond donors (Lipinski definition) is 0. The summed E-state index contributed by atoms with van der Waals surface area (Å²) in [6, 6.07) is 17.2. The lowest BCUT2D eigenvalue weighted by molar-refractivity contribution is 0.0733. The Labute approximate surface area is 170 Å². The second kappa shape index (κ2) is 8.44. The van der Waals surface area contributed by atoms with E-state index in [2.05, 4.69) is 0 Å². The molecule has 3 aromatic rings. The molecule has 4 nitrogen and oxygen atoms in total. The van der Waals surface area contributed by atoms with Gasteiger partial charge in [-0.15, -0.1) is 0 Å². The van der Waals surface area contributed by atoms with E-state index in [1.807, 2.05) is 0 Å². The fourth-order valence-electron chi connectivity index (χ4n) is 2.20. The molecule has 0 aromatic heterocycles. The van der Waals surface area contributed by atoms with Gasteiger partial charge in [0, 0.05) is 6.07 Å². The van der Waals surface area contributed by atoms with Crippen LogP contribution in [0.4, 0.5) is 0 Å². The number of benzene rings is 3. The highest BCUT2D eigenvalue weighted by atomic mass is 35.5. The standard InChI is InChI=1S/C20H11Cl3O4/c21-15-7-3-1-5-13(15)19(24)26-12-9-10-17(23)18(11-12)27-20(25)14-6-2-4-8-16(14)22/h1-11H. The average molecular weight is 422 g/mol. The van der Waals surface area contributed by atoms with Crippen molar-refractivity contribution in [1.29, 1.82) is 0 Å². The SMILES string of the molecule is O=C(Oc1ccc(Cl)c(OC(=O)c2ccccc2Cl)c1)c1ccccc1Cl. The van der Waals surface area contributed by atoms with Crippen LogP contribution in [0.25, 0.3) is 0 Å². The molecule has 0 N–H and O–H groups in total. The number of halogens is 3. The molecule has 0 heterocycles. The van der Waals surface area contributed by atoms with Gasteiger partial charge in [-0.05, 0) is 36.4 Å². The predicted octanol–water partition coefficient (Wildman–Crippen LogP) is 6.09. The predicted molar refractivity (Wildman–Crippen MR) is 104 cm³/mol. The van der Waals surface area contributed by atoms with Crippen molar-refractivity contribution in [3.8, 4) is 11.5 Å². The molecule has 3 aromatic carbocycles.